The Morgan fingerprint density at radius 2 is 2.00 bits per heavy atom. The van der Waals surface area contributed by atoms with Crippen molar-refractivity contribution in [3.05, 3.63) is 27.7 Å². The van der Waals surface area contributed by atoms with Crippen LogP contribution >= 0.6 is 23.2 Å². The van der Waals surface area contributed by atoms with Crippen LogP contribution in [0.25, 0.3) is 0 Å². The molecule has 0 bridgehead atoms. The second kappa shape index (κ2) is 8.94. The van der Waals surface area contributed by atoms with Gasteiger partial charge in [0, 0.05) is 43.3 Å². The van der Waals surface area contributed by atoms with Gasteiger partial charge in [0.05, 0.1) is 24.3 Å². The van der Waals surface area contributed by atoms with Gasteiger partial charge >= 0.3 is 0 Å². The van der Waals surface area contributed by atoms with Gasteiger partial charge in [-0.1, -0.05) is 23.2 Å². The van der Waals surface area contributed by atoms with Crippen molar-refractivity contribution in [2.24, 2.45) is 0 Å². The zero-order chi connectivity index (χ0) is 15.9. The molecule has 1 aliphatic heterocycles. The van der Waals surface area contributed by atoms with Gasteiger partial charge in [-0.2, -0.15) is 0 Å². The SMILES string of the molecule is CC(C)Oc1c(Cl)cc(Cl)cc1CNCCN1CCOCC1. The molecule has 2 rings (SSSR count). The molecule has 0 unspecified atom stereocenters. The molecule has 0 spiro atoms. The maximum absolute atomic E-state index is 6.25. The van der Waals surface area contributed by atoms with Gasteiger partial charge in [0.2, 0.25) is 0 Å². The lowest BCUT2D eigenvalue weighted by atomic mass is 10.2. The summed E-state index contributed by atoms with van der Waals surface area (Å²) < 4.78 is 11.2. The summed E-state index contributed by atoms with van der Waals surface area (Å²) in [5.41, 5.74) is 0.994. The first kappa shape index (κ1) is 17.8. The standard InChI is InChI=1S/C16H24Cl2N2O2/c1-12(2)22-16-13(9-14(17)10-15(16)18)11-19-3-4-20-5-7-21-8-6-20/h9-10,12,19H,3-8,11H2,1-2H3. The van der Waals surface area contributed by atoms with E-state index in [1.165, 1.54) is 0 Å². The Morgan fingerprint density at radius 1 is 1.27 bits per heavy atom. The first-order valence-corrected chi connectivity index (χ1v) is 8.47. The number of morpholine rings is 1. The van der Waals surface area contributed by atoms with Gasteiger partial charge in [-0.05, 0) is 26.0 Å². The number of ether oxygens (including phenoxy) is 2. The normalized spacial score (nSPS) is 16.2. The molecule has 1 aromatic carbocycles. The van der Waals surface area contributed by atoms with Crippen molar-refractivity contribution >= 4 is 23.2 Å². The van der Waals surface area contributed by atoms with E-state index in [9.17, 15) is 0 Å². The Bertz CT molecular complexity index is 477. The Morgan fingerprint density at radius 3 is 2.68 bits per heavy atom. The van der Waals surface area contributed by atoms with Crippen LogP contribution in [0.4, 0.5) is 0 Å². The van der Waals surface area contributed by atoms with Gasteiger partial charge in [-0.25, -0.2) is 0 Å². The third kappa shape index (κ3) is 5.60. The minimum atomic E-state index is 0.0748. The first-order chi connectivity index (χ1) is 10.6. The van der Waals surface area contributed by atoms with Gasteiger partial charge in [0.1, 0.15) is 5.75 Å². The molecule has 124 valence electrons. The summed E-state index contributed by atoms with van der Waals surface area (Å²) in [6.07, 6.45) is 0.0748. The largest absolute Gasteiger partial charge is 0.489 e. The molecule has 1 fully saturated rings. The summed E-state index contributed by atoms with van der Waals surface area (Å²) in [7, 11) is 0. The number of nitrogens with one attached hydrogen (secondary N) is 1. The molecule has 0 aromatic heterocycles. The topological polar surface area (TPSA) is 33.7 Å². The molecule has 0 atom stereocenters. The van der Waals surface area contributed by atoms with E-state index in [-0.39, 0.29) is 6.10 Å². The molecule has 1 saturated heterocycles. The van der Waals surface area contributed by atoms with Crippen molar-refractivity contribution in [3.8, 4) is 5.75 Å². The van der Waals surface area contributed by atoms with Crippen molar-refractivity contribution in [1.82, 2.24) is 10.2 Å². The molecule has 1 heterocycles. The summed E-state index contributed by atoms with van der Waals surface area (Å²) in [5, 5.41) is 4.63. The number of hydrogen-bond donors (Lipinski definition) is 1. The molecule has 0 saturated carbocycles. The van der Waals surface area contributed by atoms with E-state index in [4.69, 9.17) is 32.7 Å². The van der Waals surface area contributed by atoms with Crippen LogP contribution < -0.4 is 10.1 Å². The quantitative estimate of drug-likeness (QED) is 0.768. The Balaban J connectivity index is 1.87. The lowest BCUT2D eigenvalue weighted by Crippen LogP contribution is -2.40. The molecule has 0 amide bonds. The predicted molar refractivity (Wildman–Crippen MR) is 91.2 cm³/mol. The number of nitrogens with zero attached hydrogens (tertiary/aromatic N) is 1. The van der Waals surface area contributed by atoms with E-state index in [0.29, 0.717) is 16.6 Å². The Hall–Kier alpha value is -0.520. The molecule has 22 heavy (non-hydrogen) atoms. The summed E-state index contributed by atoms with van der Waals surface area (Å²) in [6, 6.07) is 3.63. The molecule has 1 aliphatic rings. The van der Waals surface area contributed by atoms with E-state index < -0.39 is 0 Å². The highest BCUT2D eigenvalue weighted by molar-refractivity contribution is 6.35. The minimum absolute atomic E-state index is 0.0748. The fraction of sp³-hybridized carbons (Fsp3) is 0.625. The lowest BCUT2D eigenvalue weighted by Gasteiger charge is -2.26. The fourth-order valence-corrected chi connectivity index (χ4v) is 2.98. The number of rotatable bonds is 7. The van der Waals surface area contributed by atoms with Crippen molar-refractivity contribution in [2.75, 3.05) is 39.4 Å². The average Bonchev–Trinajstić information content (AvgIpc) is 2.47. The highest BCUT2D eigenvalue weighted by atomic mass is 35.5. The third-order valence-electron chi connectivity index (χ3n) is 3.46. The zero-order valence-corrected chi connectivity index (χ0v) is 14.7. The average molecular weight is 347 g/mol. The van der Waals surface area contributed by atoms with Crippen molar-refractivity contribution < 1.29 is 9.47 Å². The van der Waals surface area contributed by atoms with Crippen LogP contribution in [0, 0.1) is 0 Å². The van der Waals surface area contributed by atoms with E-state index >= 15 is 0 Å². The van der Waals surface area contributed by atoms with E-state index in [0.717, 1.165) is 50.7 Å². The highest BCUT2D eigenvalue weighted by Crippen LogP contribution is 2.33. The molecule has 1 N–H and O–H groups in total. The van der Waals surface area contributed by atoms with Crippen LogP contribution in [0.1, 0.15) is 19.4 Å². The van der Waals surface area contributed by atoms with Gasteiger partial charge in [0.15, 0.2) is 0 Å². The minimum Gasteiger partial charge on any atom is -0.489 e. The van der Waals surface area contributed by atoms with Gasteiger partial charge in [0.25, 0.3) is 0 Å². The first-order valence-electron chi connectivity index (χ1n) is 7.71. The molecule has 1 aromatic rings. The van der Waals surface area contributed by atoms with Crippen molar-refractivity contribution in [2.45, 2.75) is 26.5 Å². The molecule has 4 nitrogen and oxygen atoms in total. The second-order valence-corrected chi connectivity index (χ2v) is 6.52. The smallest absolute Gasteiger partial charge is 0.142 e. The molecule has 0 radical (unpaired) electrons. The predicted octanol–water partition coefficient (Wildman–Crippen LogP) is 3.20. The number of benzene rings is 1. The summed E-state index contributed by atoms with van der Waals surface area (Å²) in [5.74, 6) is 0.722. The molecular formula is C16H24Cl2N2O2. The highest BCUT2D eigenvalue weighted by Gasteiger charge is 2.13. The van der Waals surface area contributed by atoms with Gasteiger partial charge in [-0.15, -0.1) is 0 Å². The summed E-state index contributed by atoms with van der Waals surface area (Å²) in [6.45, 7) is 10.3. The summed E-state index contributed by atoms with van der Waals surface area (Å²) in [4.78, 5) is 2.40. The number of hydrogen-bond acceptors (Lipinski definition) is 4. The molecular weight excluding hydrogens is 323 g/mol. The van der Waals surface area contributed by atoms with Crippen LogP contribution in [0.3, 0.4) is 0 Å². The third-order valence-corrected chi connectivity index (χ3v) is 3.96. The fourth-order valence-electron chi connectivity index (χ4n) is 2.40. The van der Waals surface area contributed by atoms with Gasteiger partial charge < -0.3 is 14.8 Å². The van der Waals surface area contributed by atoms with Gasteiger partial charge in [-0.3, -0.25) is 4.90 Å². The van der Waals surface area contributed by atoms with Crippen LogP contribution in [0.2, 0.25) is 10.0 Å². The maximum atomic E-state index is 6.25. The Labute approximate surface area is 142 Å². The van der Waals surface area contributed by atoms with E-state index in [1.54, 1.807) is 6.07 Å². The van der Waals surface area contributed by atoms with E-state index in [1.807, 2.05) is 19.9 Å². The summed E-state index contributed by atoms with van der Waals surface area (Å²) >= 11 is 12.4. The maximum Gasteiger partial charge on any atom is 0.142 e. The Kier molecular flexibility index (Phi) is 7.25. The van der Waals surface area contributed by atoms with E-state index in [2.05, 4.69) is 10.2 Å². The van der Waals surface area contributed by atoms with Crippen molar-refractivity contribution in [3.63, 3.8) is 0 Å². The van der Waals surface area contributed by atoms with Crippen LogP contribution in [-0.2, 0) is 11.3 Å². The van der Waals surface area contributed by atoms with Crippen molar-refractivity contribution in [1.29, 1.82) is 0 Å². The second-order valence-electron chi connectivity index (χ2n) is 5.67. The lowest BCUT2D eigenvalue weighted by molar-refractivity contribution is 0.0384. The van der Waals surface area contributed by atoms with Crippen LogP contribution in [-0.4, -0.2) is 50.4 Å². The number of halogens is 2. The molecule has 0 aliphatic carbocycles. The van der Waals surface area contributed by atoms with Crippen LogP contribution in [0.5, 0.6) is 5.75 Å². The van der Waals surface area contributed by atoms with Crippen LogP contribution in [0.15, 0.2) is 12.1 Å². The monoisotopic (exact) mass is 346 g/mol. The molecule has 6 heteroatoms. The zero-order valence-electron chi connectivity index (χ0n) is 13.2.